The van der Waals surface area contributed by atoms with E-state index in [4.69, 9.17) is 5.11 Å². The minimum atomic E-state index is -1.27. The molecule has 10 heteroatoms. The first-order valence-corrected chi connectivity index (χ1v) is 5.96. The largest absolute Gasteiger partial charge is 0.465 e. The highest BCUT2D eigenvalue weighted by Gasteiger charge is 2.39. The van der Waals surface area contributed by atoms with Gasteiger partial charge in [-0.15, -0.1) is 10.1 Å². The Morgan fingerprint density at radius 2 is 2.39 bits per heavy atom. The lowest BCUT2D eigenvalue weighted by Gasteiger charge is -2.32. The summed E-state index contributed by atoms with van der Waals surface area (Å²) >= 11 is 0.986. The maximum Gasteiger partial charge on any atom is 0.409 e. The molecule has 0 aromatic heterocycles. The van der Waals surface area contributed by atoms with Gasteiger partial charge in [0.2, 0.25) is 0 Å². The van der Waals surface area contributed by atoms with Crippen LogP contribution >= 0.6 is 11.8 Å². The summed E-state index contributed by atoms with van der Waals surface area (Å²) in [5.74, 6) is 0. The van der Waals surface area contributed by atoms with Crippen LogP contribution in [0.25, 0.3) is 0 Å². The Morgan fingerprint density at radius 1 is 1.78 bits per heavy atom. The third-order valence-corrected chi connectivity index (χ3v) is 3.38. The number of hydrogen-bond donors (Lipinski definition) is 2. The number of carboxylic acid groups (broad SMARTS) is 1. The van der Waals surface area contributed by atoms with Crippen LogP contribution < -0.4 is 5.32 Å². The van der Waals surface area contributed by atoms with E-state index in [1.165, 1.54) is 6.92 Å². The Labute approximate surface area is 107 Å². The standard InChI is InChI=1S/C8H13N3O6S/c1-4(3-17-11(15)16)10(8(13)14)6-5(2)18-7(12)9-6/h4-6H,3H2,1-2H3,(H,9,12)(H,13,14). The number of rotatable bonds is 5. The Bertz CT molecular complexity index is 365. The molecule has 0 aliphatic carbocycles. The molecule has 1 heterocycles. The normalized spacial score (nSPS) is 24.2. The van der Waals surface area contributed by atoms with Gasteiger partial charge in [0, 0.05) is 0 Å². The van der Waals surface area contributed by atoms with Crippen LogP contribution in [-0.2, 0) is 4.84 Å². The average Bonchev–Trinajstić information content (AvgIpc) is 2.55. The van der Waals surface area contributed by atoms with Crippen molar-refractivity contribution in [3.8, 4) is 0 Å². The lowest BCUT2D eigenvalue weighted by atomic mass is 10.2. The van der Waals surface area contributed by atoms with Gasteiger partial charge in [-0.3, -0.25) is 9.69 Å². The fourth-order valence-corrected chi connectivity index (χ4v) is 2.49. The van der Waals surface area contributed by atoms with Crippen molar-refractivity contribution < 1.29 is 24.6 Å². The highest BCUT2D eigenvalue weighted by molar-refractivity contribution is 8.14. The van der Waals surface area contributed by atoms with Crippen molar-refractivity contribution in [3.05, 3.63) is 10.1 Å². The smallest absolute Gasteiger partial charge is 0.409 e. The molecule has 0 aromatic carbocycles. The van der Waals surface area contributed by atoms with E-state index in [-0.39, 0.29) is 17.1 Å². The summed E-state index contributed by atoms with van der Waals surface area (Å²) in [6, 6.07) is -0.751. The van der Waals surface area contributed by atoms with Crippen molar-refractivity contribution in [2.45, 2.75) is 31.3 Å². The Kier molecular flexibility index (Phi) is 4.59. The van der Waals surface area contributed by atoms with E-state index in [1.54, 1.807) is 6.92 Å². The number of carbonyl (C=O) groups excluding carboxylic acids is 1. The molecule has 0 bridgehead atoms. The Hall–Kier alpha value is -1.71. The average molecular weight is 279 g/mol. The molecule has 1 aliphatic rings. The van der Waals surface area contributed by atoms with Crippen LogP contribution in [0.3, 0.4) is 0 Å². The number of hydrogen-bond acceptors (Lipinski definition) is 6. The molecule has 1 fully saturated rings. The van der Waals surface area contributed by atoms with Crippen molar-refractivity contribution in [2.24, 2.45) is 0 Å². The highest BCUT2D eigenvalue weighted by Crippen LogP contribution is 2.26. The maximum absolute atomic E-state index is 11.2. The topological polar surface area (TPSA) is 122 Å². The maximum atomic E-state index is 11.2. The van der Waals surface area contributed by atoms with Gasteiger partial charge in [0.15, 0.2) is 0 Å². The van der Waals surface area contributed by atoms with Gasteiger partial charge in [0.25, 0.3) is 10.3 Å². The molecular formula is C8H13N3O6S. The summed E-state index contributed by atoms with van der Waals surface area (Å²) < 4.78 is 0. The van der Waals surface area contributed by atoms with Gasteiger partial charge in [0.1, 0.15) is 12.8 Å². The number of thioether (sulfide) groups is 1. The zero-order chi connectivity index (χ0) is 13.9. The number of nitrogens with zero attached hydrogens (tertiary/aromatic N) is 2. The molecule has 18 heavy (non-hydrogen) atoms. The van der Waals surface area contributed by atoms with E-state index in [0.29, 0.717) is 0 Å². The van der Waals surface area contributed by atoms with E-state index in [0.717, 1.165) is 16.7 Å². The van der Waals surface area contributed by atoms with E-state index in [9.17, 15) is 19.7 Å². The molecule has 0 aromatic rings. The van der Waals surface area contributed by atoms with E-state index in [1.807, 2.05) is 0 Å². The van der Waals surface area contributed by atoms with Crippen molar-refractivity contribution >= 4 is 23.1 Å². The first-order chi connectivity index (χ1) is 8.32. The number of amides is 2. The molecule has 1 rings (SSSR count). The second-order valence-electron chi connectivity index (χ2n) is 3.76. The molecule has 1 aliphatic heterocycles. The molecule has 102 valence electrons. The second kappa shape index (κ2) is 5.76. The van der Waals surface area contributed by atoms with Gasteiger partial charge in [0.05, 0.1) is 11.3 Å². The van der Waals surface area contributed by atoms with Crippen molar-refractivity contribution in [2.75, 3.05) is 6.61 Å². The molecule has 0 radical (unpaired) electrons. The predicted molar refractivity (Wildman–Crippen MR) is 61.6 cm³/mol. The van der Waals surface area contributed by atoms with Gasteiger partial charge in [-0.1, -0.05) is 11.8 Å². The quantitative estimate of drug-likeness (QED) is 0.562. The van der Waals surface area contributed by atoms with Crippen molar-refractivity contribution in [1.29, 1.82) is 0 Å². The first-order valence-electron chi connectivity index (χ1n) is 5.08. The fraction of sp³-hybridized carbons (Fsp3) is 0.750. The molecule has 1 saturated heterocycles. The van der Waals surface area contributed by atoms with Gasteiger partial charge in [-0.05, 0) is 13.8 Å². The van der Waals surface area contributed by atoms with Gasteiger partial charge in [-0.2, -0.15) is 0 Å². The second-order valence-corrected chi connectivity index (χ2v) is 5.11. The molecule has 3 unspecified atom stereocenters. The summed E-state index contributed by atoms with van der Waals surface area (Å²) in [4.78, 5) is 37.5. The van der Waals surface area contributed by atoms with Crippen molar-refractivity contribution in [1.82, 2.24) is 10.2 Å². The fourth-order valence-electron chi connectivity index (χ4n) is 1.63. The third-order valence-electron chi connectivity index (χ3n) is 2.42. The summed E-state index contributed by atoms with van der Waals surface area (Å²) in [5.41, 5.74) is 0. The molecule has 0 saturated carbocycles. The van der Waals surface area contributed by atoms with Crippen LogP contribution in [0.2, 0.25) is 0 Å². The lowest BCUT2D eigenvalue weighted by Crippen LogP contribution is -2.55. The zero-order valence-electron chi connectivity index (χ0n) is 9.73. The van der Waals surface area contributed by atoms with Crippen molar-refractivity contribution in [3.63, 3.8) is 0 Å². The minimum absolute atomic E-state index is 0.272. The molecule has 2 N–H and O–H groups in total. The predicted octanol–water partition coefficient (Wildman–Crippen LogP) is 0.734. The highest BCUT2D eigenvalue weighted by atomic mass is 32.2. The first kappa shape index (κ1) is 14.4. The zero-order valence-corrected chi connectivity index (χ0v) is 10.5. The molecular weight excluding hydrogens is 266 g/mol. The van der Waals surface area contributed by atoms with Crippen LogP contribution in [0.1, 0.15) is 13.8 Å². The van der Waals surface area contributed by atoms with Crippen LogP contribution in [0.5, 0.6) is 0 Å². The molecule has 9 nitrogen and oxygen atoms in total. The van der Waals surface area contributed by atoms with Gasteiger partial charge in [-0.25, -0.2) is 4.79 Å². The molecule has 2 amide bonds. The molecule has 0 spiro atoms. The monoisotopic (exact) mass is 279 g/mol. The number of nitrogens with one attached hydrogen (secondary N) is 1. The Morgan fingerprint density at radius 3 is 2.78 bits per heavy atom. The van der Waals surface area contributed by atoms with Crippen LogP contribution in [-0.4, -0.2) is 50.5 Å². The third kappa shape index (κ3) is 3.39. The number of carbonyl (C=O) groups is 2. The van der Waals surface area contributed by atoms with Gasteiger partial charge < -0.3 is 15.3 Å². The Balaban J connectivity index is 2.73. The van der Waals surface area contributed by atoms with Crippen LogP contribution in [0.15, 0.2) is 0 Å². The summed E-state index contributed by atoms with van der Waals surface area (Å²) in [5, 5.41) is 20.1. The summed E-state index contributed by atoms with van der Waals surface area (Å²) in [7, 11) is 0. The van der Waals surface area contributed by atoms with Gasteiger partial charge >= 0.3 is 6.09 Å². The summed E-state index contributed by atoms with van der Waals surface area (Å²) in [6.45, 7) is 2.78. The minimum Gasteiger partial charge on any atom is -0.465 e. The van der Waals surface area contributed by atoms with Crippen LogP contribution in [0.4, 0.5) is 9.59 Å². The SMILES string of the molecule is CC1SC(=O)NC1N(C(=O)O)C(C)CO[N+](=O)[O-]. The van der Waals surface area contributed by atoms with E-state index >= 15 is 0 Å². The summed E-state index contributed by atoms with van der Waals surface area (Å²) in [6.07, 6.45) is -1.99. The van der Waals surface area contributed by atoms with E-state index < -0.39 is 23.4 Å². The van der Waals surface area contributed by atoms with Crippen LogP contribution in [0, 0.1) is 10.1 Å². The van der Waals surface area contributed by atoms with E-state index in [2.05, 4.69) is 10.2 Å². The lowest BCUT2D eigenvalue weighted by molar-refractivity contribution is -0.758. The molecule has 3 atom stereocenters.